The molecule has 0 radical (unpaired) electrons. The van der Waals surface area contributed by atoms with E-state index in [2.05, 4.69) is 10.2 Å². The first-order valence-electron chi connectivity index (χ1n) is 8.50. The first kappa shape index (κ1) is 19.2. The number of nitrogens with zero attached hydrogens (tertiary/aromatic N) is 3. The van der Waals surface area contributed by atoms with Crippen LogP contribution in [0.25, 0.3) is 0 Å². The Hall–Kier alpha value is -1.57. The third-order valence-corrected chi connectivity index (χ3v) is 5.62. The van der Waals surface area contributed by atoms with Gasteiger partial charge in [-0.15, -0.1) is 0 Å². The summed E-state index contributed by atoms with van der Waals surface area (Å²) in [7, 11) is 0. The van der Waals surface area contributed by atoms with Crippen LogP contribution in [0.2, 0.25) is 10.0 Å². The number of piperidine rings is 1. The van der Waals surface area contributed by atoms with E-state index in [1.807, 2.05) is 16.4 Å². The van der Waals surface area contributed by atoms with Gasteiger partial charge in [-0.2, -0.15) is 5.10 Å². The maximum absolute atomic E-state index is 12.4. The van der Waals surface area contributed by atoms with Crippen molar-refractivity contribution >= 4 is 41.3 Å². The number of carbonyl (C=O) groups is 1. The van der Waals surface area contributed by atoms with Crippen LogP contribution in [0.4, 0.5) is 0 Å². The minimum Gasteiger partial charge on any atom is -0.484 e. The van der Waals surface area contributed by atoms with Crippen LogP contribution >= 0.6 is 35.4 Å². The van der Waals surface area contributed by atoms with Crippen molar-refractivity contribution in [3.8, 4) is 5.75 Å². The third-order valence-electron chi connectivity index (χ3n) is 4.57. The second-order valence-electron chi connectivity index (χ2n) is 6.15. The average molecular weight is 415 g/mol. The zero-order valence-corrected chi connectivity index (χ0v) is 16.7. The number of H-pyrrole nitrogens is 1. The lowest BCUT2D eigenvalue weighted by molar-refractivity contribution is -0.134. The number of amides is 1. The summed E-state index contributed by atoms with van der Waals surface area (Å²) in [4.78, 5) is 14.2. The quantitative estimate of drug-likeness (QED) is 0.749. The van der Waals surface area contributed by atoms with Crippen LogP contribution in [0.5, 0.6) is 5.75 Å². The first-order valence-corrected chi connectivity index (χ1v) is 9.66. The molecule has 1 N–H and O–H groups in total. The molecule has 0 aliphatic carbocycles. The number of likely N-dealkylation sites (tertiary alicyclic amines) is 1. The molecule has 1 aromatic heterocycles. The van der Waals surface area contributed by atoms with Crippen molar-refractivity contribution < 1.29 is 9.53 Å². The minimum absolute atomic E-state index is 0.0176. The zero-order valence-electron chi connectivity index (χ0n) is 14.4. The van der Waals surface area contributed by atoms with Crippen molar-refractivity contribution in [3.63, 3.8) is 0 Å². The molecule has 0 bridgehead atoms. The van der Waals surface area contributed by atoms with Crippen LogP contribution in [0.15, 0.2) is 18.2 Å². The second kappa shape index (κ2) is 8.41. The SMILES string of the molecule is CCn1c(C2CCN(C(=O)COc3ccc(Cl)c(Cl)c3)CC2)n[nH]c1=S. The van der Waals surface area contributed by atoms with Crippen molar-refractivity contribution in [2.24, 2.45) is 0 Å². The van der Waals surface area contributed by atoms with E-state index in [4.69, 9.17) is 40.2 Å². The van der Waals surface area contributed by atoms with E-state index in [1.54, 1.807) is 18.2 Å². The molecule has 140 valence electrons. The molecule has 26 heavy (non-hydrogen) atoms. The Morgan fingerprint density at radius 1 is 1.35 bits per heavy atom. The second-order valence-corrected chi connectivity index (χ2v) is 7.35. The number of rotatable bonds is 5. The van der Waals surface area contributed by atoms with Gasteiger partial charge in [0.15, 0.2) is 11.4 Å². The molecule has 0 spiro atoms. The van der Waals surface area contributed by atoms with Crippen molar-refractivity contribution in [2.45, 2.75) is 32.2 Å². The molecule has 6 nitrogen and oxygen atoms in total. The van der Waals surface area contributed by atoms with Crippen molar-refractivity contribution in [3.05, 3.63) is 38.8 Å². The topological polar surface area (TPSA) is 63.1 Å². The number of halogens is 2. The zero-order chi connectivity index (χ0) is 18.7. The maximum atomic E-state index is 12.4. The molecule has 3 rings (SSSR count). The van der Waals surface area contributed by atoms with Gasteiger partial charge in [0.2, 0.25) is 0 Å². The molecule has 0 atom stereocenters. The third kappa shape index (κ3) is 4.22. The number of hydrogen-bond acceptors (Lipinski definition) is 4. The van der Waals surface area contributed by atoms with Gasteiger partial charge in [0.1, 0.15) is 11.6 Å². The van der Waals surface area contributed by atoms with Crippen LogP contribution in [0, 0.1) is 4.77 Å². The summed E-state index contributed by atoms with van der Waals surface area (Å²) in [6, 6.07) is 4.95. The highest BCUT2D eigenvalue weighted by Crippen LogP contribution is 2.28. The van der Waals surface area contributed by atoms with E-state index >= 15 is 0 Å². The van der Waals surface area contributed by atoms with Crippen LogP contribution in [-0.4, -0.2) is 45.3 Å². The van der Waals surface area contributed by atoms with E-state index in [0.717, 1.165) is 25.2 Å². The number of aromatic amines is 1. The highest BCUT2D eigenvalue weighted by atomic mass is 35.5. The van der Waals surface area contributed by atoms with Crippen molar-refractivity contribution in [1.29, 1.82) is 0 Å². The van der Waals surface area contributed by atoms with Gasteiger partial charge in [-0.25, -0.2) is 0 Å². The number of benzene rings is 1. The Kier molecular flexibility index (Phi) is 6.21. The fourth-order valence-electron chi connectivity index (χ4n) is 3.14. The highest BCUT2D eigenvalue weighted by Gasteiger charge is 2.27. The Bertz CT molecular complexity index is 844. The predicted octanol–water partition coefficient (Wildman–Crippen LogP) is 4.05. The van der Waals surface area contributed by atoms with E-state index in [9.17, 15) is 4.79 Å². The fraction of sp³-hybridized carbons (Fsp3) is 0.471. The highest BCUT2D eigenvalue weighted by molar-refractivity contribution is 7.71. The standard InChI is InChI=1S/C17H20Cl2N4O2S/c1-2-23-16(20-21-17(23)26)11-5-7-22(8-6-11)15(24)10-25-12-3-4-13(18)14(19)9-12/h3-4,9,11H,2,5-8,10H2,1H3,(H,21,26). The summed E-state index contributed by atoms with van der Waals surface area (Å²) < 4.78 is 8.21. The summed E-state index contributed by atoms with van der Waals surface area (Å²) >= 11 is 17.1. The molecular weight excluding hydrogens is 395 g/mol. The Morgan fingerprint density at radius 3 is 2.73 bits per heavy atom. The van der Waals surface area contributed by atoms with Gasteiger partial charge in [0.05, 0.1) is 10.0 Å². The summed E-state index contributed by atoms with van der Waals surface area (Å²) in [5.74, 6) is 1.78. The lowest BCUT2D eigenvalue weighted by Gasteiger charge is -2.31. The van der Waals surface area contributed by atoms with Gasteiger partial charge >= 0.3 is 0 Å². The Morgan fingerprint density at radius 2 is 2.08 bits per heavy atom. The molecule has 1 fully saturated rings. The molecular formula is C17H20Cl2N4O2S. The van der Waals surface area contributed by atoms with Gasteiger partial charge in [-0.3, -0.25) is 9.89 Å². The van der Waals surface area contributed by atoms with E-state index in [1.165, 1.54) is 0 Å². The van der Waals surface area contributed by atoms with Gasteiger partial charge in [0.25, 0.3) is 5.91 Å². The minimum atomic E-state index is -0.0381. The number of hydrogen-bond donors (Lipinski definition) is 1. The van der Waals surface area contributed by atoms with Crippen LogP contribution < -0.4 is 4.74 Å². The lowest BCUT2D eigenvalue weighted by Crippen LogP contribution is -2.40. The normalized spacial score (nSPS) is 15.3. The first-order chi connectivity index (χ1) is 12.5. The molecule has 2 heterocycles. The molecule has 1 saturated heterocycles. The maximum Gasteiger partial charge on any atom is 0.260 e. The van der Waals surface area contributed by atoms with Gasteiger partial charge < -0.3 is 14.2 Å². The molecule has 9 heteroatoms. The Labute approximate surface area is 167 Å². The molecule has 1 aromatic carbocycles. The van der Waals surface area contributed by atoms with E-state index in [0.29, 0.717) is 39.6 Å². The molecule has 0 saturated carbocycles. The van der Waals surface area contributed by atoms with Crippen LogP contribution in [0.3, 0.4) is 0 Å². The monoisotopic (exact) mass is 414 g/mol. The predicted molar refractivity (Wildman–Crippen MR) is 104 cm³/mol. The summed E-state index contributed by atoms with van der Waals surface area (Å²) in [5, 5.41) is 8.09. The summed E-state index contributed by atoms with van der Waals surface area (Å²) in [6.07, 6.45) is 1.72. The summed E-state index contributed by atoms with van der Waals surface area (Å²) in [6.45, 7) is 4.18. The number of carbonyl (C=O) groups excluding carboxylic acids is 1. The van der Waals surface area contributed by atoms with Crippen LogP contribution in [-0.2, 0) is 11.3 Å². The summed E-state index contributed by atoms with van der Waals surface area (Å²) in [5.41, 5.74) is 0. The molecule has 1 amide bonds. The largest absolute Gasteiger partial charge is 0.484 e. The average Bonchev–Trinajstić information content (AvgIpc) is 3.03. The number of nitrogens with one attached hydrogen (secondary N) is 1. The van der Waals surface area contributed by atoms with Gasteiger partial charge in [-0.1, -0.05) is 23.2 Å². The molecule has 1 aliphatic heterocycles. The van der Waals surface area contributed by atoms with Gasteiger partial charge in [0, 0.05) is 31.6 Å². The van der Waals surface area contributed by atoms with E-state index < -0.39 is 0 Å². The fourth-order valence-corrected chi connectivity index (χ4v) is 3.69. The van der Waals surface area contributed by atoms with E-state index in [-0.39, 0.29) is 12.5 Å². The van der Waals surface area contributed by atoms with Crippen molar-refractivity contribution in [2.75, 3.05) is 19.7 Å². The van der Waals surface area contributed by atoms with Crippen molar-refractivity contribution in [1.82, 2.24) is 19.7 Å². The lowest BCUT2D eigenvalue weighted by atomic mass is 9.96. The smallest absolute Gasteiger partial charge is 0.260 e. The Balaban J connectivity index is 1.53. The van der Waals surface area contributed by atoms with Crippen LogP contribution in [0.1, 0.15) is 31.5 Å². The molecule has 2 aromatic rings. The number of aromatic nitrogens is 3. The number of ether oxygens (including phenoxy) is 1. The molecule has 1 aliphatic rings. The molecule has 0 unspecified atom stereocenters. The van der Waals surface area contributed by atoms with Gasteiger partial charge in [-0.05, 0) is 44.1 Å².